The first kappa shape index (κ1) is 23.9. The maximum absolute atomic E-state index is 12.5. The molecule has 8 heteroatoms. The number of nitrogens with one attached hydrogen (secondary N) is 2. The summed E-state index contributed by atoms with van der Waals surface area (Å²) in [4.78, 5) is 23.1. The van der Waals surface area contributed by atoms with Crippen molar-refractivity contribution in [2.24, 2.45) is 4.99 Å². The Bertz CT molecular complexity index is 742. The molecule has 0 saturated carbocycles. The quantitative estimate of drug-likeness (QED) is 0.332. The van der Waals surface area contributed by atoms with E-state index >= 15 is 0 Å². The van der Waals surface area contributed by atoms with Crippen LogP contribution in [0.25, 0.3) is 0 Å². The number of carbonyl (C=O) groups is 1. The number of rotatable bonds is 8. The first-order chi connectivity index (χ1) is 13.0. The number of guanidine groups is 1. The predicted octanol–water partition coefficient (Wildman–Crippen LogP) is 3.01. The van der Waals surface area contributed by atoms with Gasteiger partial charge in [-0.05, 0) is 33.3 Å². The summed E-state index contributed by atoms with van der Waals surface area (Å²) in [6.45, 7) is 10.2. The fourth-order valence-electron chi connectivity index (χ4n) is 2.54. The normalized spacial score (nSPS) is 10.9. The van der Waals surface area contributed by atoms with Gasteiger partial charge in [-0.15, -0.1) is 24.0 Å². The molecule has 0 spiro atoms. The third-order valence-corrected chi connectivity index (χ3v) is 4.15. The van der Waals surface area contributed by atoms with Crippen molar-refractivity contribution in [1.29, 1.82) is 0 Å². The largest absolute Gasteiger partial charge is 0.444 e. The van der Waals surface area contributed by atoms with Crippen molar-refractivity contribution in [2.75, 3.05) is 19.6 Å². The molecule has 154 valence electrons. The molecule has 0 unspecified atom stereocenters. The number of nitrogens with zero attached hydrogens (tertiary/aromatic N) is 3. The molecule has 0 aliphatic carbocycles. The molecule has 0 atom stereocenters. The zero-order valence-electron chi connectivity index (χ0n) is 17.0. The molecular weight excluding hydrogens is 469 g/mol. The lowest BCUT2D eigenvalue weighted by atomic mass is 10.2. The number of benzene rings is 1. The van der Waals surface area contributed by atoms with Crippen molar-refractivity contribution in [3.8, 4) is 0 Å². The smallest absolute Gasteiger partial charge is 0.244 e. The minimum atomic E-state index is -0.0126. The Labute approximate surface area is 184 Å². The monoisotopic (exact) mass is 499 g/mol. The molecule has 0 bridgehead atoms. The number of oxazole rings is 1. The van der Waals surface area contributed by atoms with Crippen LogP contribution in [0, 0.1) is 13.8 Å². The van der Waals surface area contributed by atoms with Gasteiger partial charge in [0.1, 0.15) is 12.3 Å². The Morgan fingerprint density at radius 2 is 1.89 bits per heavy atom. The minimum Gasteiger partial charge on any atom is -0.444 e. The van der Waals surface area contributed by atoms with E-state index in [0.29, 0.717) is 38.0 Å². The van der Waals surface area contributed by atoms with E-state index in [4.69, 9.17) is 4.42 Å². The van der Waals surface area contributed by atoms with Gasteiger partial charge in [-0.2, -0.15) is 0 Å². The van der Waals surface area contributed by atoms with Gasteiger partial charge >= 0.3 is 0 Å². The average molecular weight is 499 g/mol. The number of aromatic nitrogens is 1. The summed E-state index contributed by atoms with van der Waals surface area (Å²) in [6, 6.07) is 9.96. The van der Waals surface area contributed by atoms with E-state index in [-0.39, 0.29) is 36.4 Å². The van der Waals surface area contributed by atoms with Crippen molar-refractivity contribution in [1.82, 2.24) is 20.5 Å². The van der Waals surface area contributed by atoms with Crippen LogP contribution in [0.4, 0.5) is 0 Å². The van der Waals surface area contributed by atoms with Crippen LogP contribution >= 0.6 is 24.0 Å². The van der Waals surface area contributed by atoms with E-state index in [9.17, 15) is 4.79 Å². The van der Waals surface area contributed by atoms with E-state index in [1.54, 1.807) is 4.90 Å². The average Bonchev–Trinajstić information content (AvgIpc) is 3.00. The van der Waals surface area contributed by atoms with Gasteiger partial charge in [0, 0.05) is 19.6 Å². The van der Waals surface area contributed by atoms with E-state index in [0.717, 1.165) is 17.0 Å². The SMILES string of the molecule is CCNC(=NCC(=O)N(CC)Cc1ccccc1)NCc1nc(C)c(C)o1.I. The maximum Gasteiger partial charge on any atom is 0.244 e. The lowest BCUT2D eigenvalue weighted by molar-refractivity contribution is -0.130. The fourth-order valence-corrected chi connectivity index (χ4v) is 2.54. The van der Waals surface area contributed by atoms with E-state index in [1.165, 1.54) is 0 Å². The molecule has 2 aromatic rings. The second-order valence-electron chi connectivity index (χ2n) is 6.19. The van der Waals surface area contributed by atoms with Crippen molar-refractivity contribution < 1.29 is 9.21 Å². The van der Waals surface area contributed by atoms with E-state index < -0.39 is 0 Å². The van der Waals surface area contributed by atoms with E-state index in [1.807, 2.05) is 58.0 Å². The Morgan fingerprint density at radius 3 is 2.46 bits per heavy atom. The van der Waals surface area contributed by atoms with Crippen LogP contribution in [-0.4, -0.2) is 41.4 Å². The molecule has 0 fully saturated rings. The summed E-state index contributed by atoms with van der Waals surface area (Å²) in [6.07, 6.45) is 0. The summed E-state index contributed by atoms with van der Waals surface area (Å²) >= 11 is 0. The van der Waals surface area contributed by atoms with Gasteiger partial charge in [0.05, 0.1) is 12.2 Å². The molecule has 1 amide bonds. The molecule has 1 heterocycles. The van der Waals surface area contributed by atoms with Gasteiger partial charge in [-0.3, -0.25) is 4.79 Å². The molecule has 0 radical (unpaired) electrons. The summed E-state index contributed by atoms with van der Waals surface area (Å²) in [7, 11) is 0. The Balaban J connectivity index is 0.00000392. The molecule has 28 heavy (non-hydrogen) atoms. The van der Waals surface area contributed by atoms with Gasteiger partial charge in [0.2, 0.25) is 11.8 Å². The second kappa shape index (κ2) is 12.4. The van der Waals surface area contributed by atoms with Gasteiger partial charge in [0.25, 0.3) is 0 Å². The Hall–Kier alpha value is -2.10. The topological polar surface area (TPSA) is 82.8 Å². The molecule has 2 N–H and O–H groups in total. The first-order valence-electron chi connectivity index (χ1n) is 9.30. The van der Waals surface area contributed by atoms with Gasteiger partial charge in [-0.1, -0.05) is 30.3 Å². The third-order valence-electron chi connectivity index (χ3n) is 4.15. The van der Waals surface area contributed by atoms with Gasteiger partial charge in [-0.25, -0.2) is 9.98 Å². The van der Waals surface area contributed by atoms with Crippen molar-refractivity contribution in [3.63, 3.8) is 0 Å². The molecule has 2 rings (SSSR count). The second-order valence-corrected chi connectivity index (χ2v) is 6.19. The highest BCUT2D eigenvalue weighted by atomic mass is 127. The Morgan fingerprint density at radius 1 is 1.18 bits per heavy atom. The summed E-state index contributed by atoms with van der Waals surface area (Å²) < 4.78 is 5.56. The lowest BCUT2D eigenvalue weighted by Crippen LogP contribution is -2.39. The van der Waals surface area contributed by atoms with Crippen LogP contribution in [0.5, 0.6) is 0 Å². The molecule has 7 nitrogen and oxygen atoms in total. The zero-order valence-corrected chi connectivity index (χ0v) is 19.3. The molecule has 0 aliphatic rings. The Kier molecular flexibility index (Phi) is 10.6. The van der Waals surface area contributed by atoms with Crippen LogP contribution in [0.2, 0.25) is 0 Å². The van der Waals surface area contributed by atoms with Crippen LogP contribution in [0.15, 0.2) is 39.7 Å². The number of likely N-dealkylation sites (N-methyl/N-ethyl adjacent to an activating group) is 1. The molecule has 0 aliphatic heterocycles. The highest BCUT2D eigenvalue weighted by Crippen LogP contribution is 2.08. The zero-order chi connectivity index (χ0) is 19.6. The van der Waals surface area contributed by atoms with Crippen LogP contribution in [0.1, 0.15) is 36.8 Å². The van der Waals surface area contributed by atoms with Crippen molar-refractivity contribution in [3.05, 3.63) is 53.2 Å². The van der Waals surface area contributed by atoms with Crippen LogP contribution < -0.4 is 10.6 Å². The highest BCUT2D eigenvalue weighted by Gasteiger charge is 2.12. The number of amides is 1. The number of aliphatic imine (C=N–C) groups is 1. The number of carbonyl (C=O) groups excluding carboxylic acids is 1. The molecule has 1 aromatic carbocycles. The van der Waals surface area contributed by atoms with E-state index in [2.05, 4.69) is 20.6 Å². The highest BCUT2D eigenvalue weighted by molar-refractivity contribution is 14.0. The third kappa shape index (κ3) is 7.49. The lowest BCUT2D eigenvalue weighted by Gasteiger charge is -2.20. The first-order valence-corrected chi connectivity index (χ1v) is 9.30. The molecule has 0 saturated heterocycles. The maximum atomic E-state index is 12.5. The van der Waals surface area contributed by atoms with Gasteiger partial charge in [0.15, 0.2) is 5.96 Å². The number of hydrogen-bond acceptors (Lipinski definition) is 4. The predicted molar refractivity (Wildman–Crippen MR) is 122 cm³/mol. The van der Waals surface area contributed by atoms with Gasteiger partial charge < -0.3 is 20.0 Å². The standard InChI is InChI=1S/C20H29N5O2.HI/c1-5-21-20(22-12-18-24-15(3)16(4)27-18)23-13-19(26)25(6-2)14-17-10-8-7-9-11-17;/h7-11H,5-6,12-14H2,1-4H3,(H2,21,22,23);1H. The fraction of sp³-hybridized carbons (Fsp3) is 0.450. The number of hydrogen-bond donors (Lipinski definition) is 2. The number of aryl methyl sites for hydroxylation is 2. The minimum absolute atomic E-state index is 0. The van der Waals surface area contributed by atoms with Crippen LogP contribution in [0.3, 0.4) is 0 Å². The summed E-state index contributed by atoms with van der Waals surface area (Å²) in [5.74, 6) is 1.96. The van der Waals surface area contributed by atoms with Crippen molar-refractivity contribution in [2.45, 2.75) is 40.8 Å². The molecule has 1 aromatic heterocycles. The summed E-state index contributed by atoms with van der Waals surface area (Å²) in [5, 5.41) is 6.29. The molecular formula is C20H30IN5O2. The summed E-state index contributed by atoms with van der Waals surface area (Å²) in [5.41, 5.74) is 1.99. The van der Waals surface area contributed by atoms with Crippen LogP contribution in [-0.2, 0) is 17.9 Å². The number of halogens is 1. The van der Waals surface area contributed by atoms with Crippen molar-refractivity contribution >= 4 is 35.8 Å².